The Morgan fingerprint density at radius 1 is 1.33 bits per heavy atom. The number of hydrogen-bond acceptors (Lipinski definition) is 2. The van der Waals surface area contributed by atoms with Crippen LogP contribution in [-0.4, -0.2) is 35.6 Å². The topological polar surface area (TPSA) is 69.6 Å². The summed E-state index contributed by atoms with van der Waals surface area (Å²) >= 11 is 0. The molecule has 1 unspecified atom stereocenters. The van der Waals surface area contributed by atoms with Gasteiger partial charge in [-0.05, 0) is 19.4 Å². The Balaban J connectivity index is 2.59. The summed E-state index contributed by atoms with van der Waals surface area (Å²) < 4.78 is 0. The Morgan fingerprint density at radius 2 is 1.89 bits per heavy atom. The highest BCUT2D eigenvalue weighted by atomic mass is 16.4. The van der Waals surface area contributed by atoms with E-state index in [2.05, 4.69) is 5.32 Å². The average molecular weight is 250 g/mol. The molecule has 0 aliphatic carbocycles. The maximum atomic E-state index is 11.7. The van der Waals surface area contributed by atoms with E-state index in [0.717, 1.165) is 16.0 Å². The fourth-order valence-corrected chi connectivity index (χ4v) is 1.51. The highest BCUT2D eigenvalue weighted by Gasteiger charge is 2.15. The number of rotatable bonds is 4. The van der Waals surface area contributed by atoms with E-state index in [1.807, 2.05) is 38.1 Å². The Bertz CT molecular complexity index is 428. The Morgan fingerprint density at radius 3 is 2.39 bits per heavy atom. The van der Waals surface area contributed by atoms with E-state index < -0.39 is 12.0 Å². The van der Waals surface area contributed by atoms with E-state index in [-0.39, 0.29) is 12.6 Å². The number of likely N-dealkylation sites (N-methyl/N-ethyl adjacent to an activating group) is 1. The van der Waals surface area contributed by atoms with Crippen molar-refractivity contribution in [1.29, 1.82) is 0 Å². The largest absolute Gasteiger partial charge is 0.480 e. The van der Waals surface area contributed by atoms with Gasteiger partial charge in [0, 0.05) is 7.05 Å². The van der Waals surface area contributed by atoms with Gasteiger partial charge < -0.3 is 15.3 Å². The van der Waals surface area contributed by atoms with Crippen LogP contribution in [0.5, 0.6) is 0 Å². The molecule has 0 aliphatic rings. The lowest BCUT2D eigenvalue weighted by molar-refractivity contribution is -0.137. The molecular weight excluding hydrogens is 232 g/mol. The van der Waals surface area contributed by atoms with Gasteiger partial charge in [-0.25, -0.2) is 4.79 Å². The first-order valence-electron chi connectivity index (χ1n) is 5.70. The molecule has 0 saturated carbocycles. The first-order valence-corrected chi connectivity index (χ1v) is 5.70. The summed E-state index contributed by atoms with van der Waals surface area (Å²) in [6, 6.07) is 7.27. The van der Waals surface area contributed by atoms with E-state index in [9.17, 15) is 9.59 Å². The first kappa shape index (κ1) is 14.0. The van der Waals surface area contributed by atoms with E-state index in [4.69, 9.17) is 5.11 Å². The molecule has 1 aromatic rings. The zero-order chi connectivity index (χ0) is 13.7. The molecule has 0 bridgehead atoms. The van der Waals surface area contributed by atoms with Crippen molar-refractivity contribution in [2.24, 2.45) is 0 Å². The fraction of sp³-hybridized carbons (Fsp3) is 0.385. The molecule has 0 heterocycles. The number of carbonyl (C=O) groups is 2. The van der Waals surface area contributed by atoms with Gasteiger partial charge in [0.25, 0.3) is 0 Å². The quantitative estimate of drug-likeness (QED) is 0.855. The number of carboxylic acids is 1. The van der Waals surface area contributed by atoms with Crippen LogP contribution >= 0.6 is 0 Å². The molecule has 0 spiro atoms. The van der Waals surface area contributed by atoms with Gasteiger partial charge in [0.15, 0.2) is 0 Å². The minimum absolute atomic E-state index is 0.158. The van der Waals surface area contributed by atoms with E-state index in [1.165, 1.54) is 7.05 Å². The molecule has 0 radical (unpaired) electrons. The van der Waals surface area contributed by atoms with Crippen molar-refractivity contribution in [2.45, 2.75) is 19.9 Å². The highest BCUT2D eigenvalue weighted by molar-refractivity contribution is 5.80. The van der Waals surface area contributed by atoms with Crippen LogP contribution in [-0.2, 0) is 4.79 Å². The van der Waals surface area contributed by atoms with Crippen molar-refractivity contribution in [3.63, 3.8) is 0 Å². The zero-order valence-electron chi connectivity index (χ0n) is 10.8. The average Bonchev–Trinajstić information content (AvgIpc) is 2.28. The van der Waals surface area contributed by atoms with Crippen LogP contribution < -0.4 is 5.32 Å². The predicted molar refractivity (Wildman–Crippen MR) is 68.4 cm³/mol. The third-order valence-corrected chi connectivity index (χ3v) is 2.64. The lowest BCUT2D eigenvalue weighted by atomic mass is 10.1. The summed E-state index contributed by atoms with van der Waals surface area (Å²) in [5.41, 5.74) is 2.14. The summed E-state index contributed by atoms with van der Waals surface area (Å²) in [4.78, 5) is 23.3. The van der Waals surface area contributed by atoms with Crippen molar-refractivity contribution in [2.75, 3.05) is 13.6 Å². The molecule has 5 heteroatoms. The predicted octanol–water partition coefficient (Wildman–Crippen LogP) is 1.78. The van der Waals surface area contributed by atoms with E-state index >= 15 is 0 Å². The van der Waals surface area contributed by atoms with Gasteiger partial charge in [0.05, 0.1) is 6.04 Å². The molecule has 0 aromatic heterocycles. The van der Waals surface area contributed by atoms with E-state index in [1.54, 1.807) is 0 Å². The fourth-order valence-electron chi connectivity index (χ4n) is 1.51. The smallest absolute Gasteiger partial charge is 0.323 e. The van der Waals surface area contributed by atoms with Gasteiger partial charge in [-0.1, -0.05) is 29.8 Å². The molecule has 5 nitrogen and oxygen atoms in total. The van der Waals surface area contributed by atoms with Crippen molar-refractivity contribution in [3.8, 4) is 0 Å². The lowest BCUT2D eigenvalue weighted by Crippen LogP contribution is -2.41. The van der Waals surface area contributed by atoms with Crippen molar-refractivity contribution < 1.29 is 14.7 Å². The van der Waals surface area contributed by atoms with Gasteiger partial charge in [0.2, 0.25) is 0 Å². The van der Waals surface area contributed by atoms with Gasteiger partial charge in [0.1, 0.15) is 6.54 Å². The summed E-state index contributed by atoms with van der Waals surface area (Å²) in [6.45, 7) is 3.54. The molecule has 2 amide bonds. The van der Waals surface area contributed by atoms with Crippen LogP contribution in [0.25, 0.3) is 0 Å². The number of aliphatic carboxylic acids is 1. The van der Waals surface area contributed by atoms with Crippen LogP contribution in [0.1, 0.15) is 24.1 Å². The van der Waals surface area contributed by atoms with Crippen LogP contribution in [0.15, 0.2) is 24.3 Å². The standard InChI is InChI=1S/C13H18N2O3/c1-9-4-6-11(7-5-9)10(2)14-13(18)15(3)8-12(16)17/h4-7,10H,8H2,1-3H3,(H,14,18)(H,16,17). The number of carbonyl (C=O) groups excluding carboxylic acids is 1. The summed E-state index contributed by atoms with van der Waals surface area (Å²) in [5, 5.41) is 11.3. The van der Waals surface area contributed by atoms with Crippen LogP contribution in [0, 0.1) is 6.92 Å². The summed E-state index contributed by atoms with van der Waals surface area (Å²) in [6.07, 6.45) is 0. The number of aryl methyl sites for hydroxylation is 1. The number of amides is 2. The number of hydrogen-bond donors (Lipinski definition) is 2. The molecule has 0 fully saturated rings. The first-order chi connectivity index (χ1) is 8.40. The van der Waals surface area contributed by atoms with Gasteiger partial charge in [-0.3, -0.25) is 4.79 Å². The van der Waals surface area contributed by atoms with Crippen molar-refractivity contribution in [3.05, 3.63) is 35.4 Å². The van der Waals surface area contributed by atoms with Crippen molar-refractivity contribution >= 4 is 12.0 Å². The maximum absolute atomic E-state index is 11.7. The Kier molecular flexibility index (Phi) is 4.71. The Labute approximate surface area is 106 Å². The molecule has 98 valence electrons. The molecular formula is C13H18N2O3. The second-order valence-electron chi connectivity index (χ2n) is 4.33. The minimum Gasteiger partial charge on any atom is -0.480 e. The summed E-state index contributed by atoms with van der Waals surface area (Å²) in [5.74, 6) is -1.03. The minimum atomic E-state index is -1.03. The number of benzene rings is 1. The molecule has 2 N–H and O–H groups in total. The van der Waals surface area contributed by atoms with Gasteiger partial charge in [-0.15, -0.1) is 0 Å². The van der Waals surface area contributed by atoms with Gasteiger partial charge in [-0.2, -0.15) is 0 Å². The van der Waals surface area contributed by atoms with Crippen LogP contribution in [0.2, 0.25) is 0 Å². The van der Waals surface area contributed by atoms with Gasteiger partial charge >= 0.3 is 12.0 Å². The van der Waals surface area contributed by atoms with Crippen LogP contribution in [0.3, 0.4) is 0 Å². The molecule has 1 aromatic carbocycles. The zero-order valence-corrected chi connectivity index (χ0v) is 10.8. The SMILES string of the molecule is Cc1ccc(C(C)NC(=O)N(C)CC(=O)O)cc1. The van der Waals surface area contributed by atoms with E-state index in [0.29, 0.717) is 0 Å². The normalized spacial score (nSPS) is 11.7. The molecule has 1 rings (SSSR count). The monoisotopic (exact) mass is 250 g/mol. The maximum Gasteiger partial charge on any atom is 0.323 e. The number of nitrogens with one attached hydrogen (secondary N) is 1. The van der Waals surface area contributed by atoms with Crippen LogP contribution in [0.4, 0.5) is 4.79 Å². The number of carboxylic acid groups (broad SMARTS) is 1. The lowest BCUT2D eigenvalue weighted by Gasteiger charge is -2.20. The molecule has 0 aliphatic heterocycles. The molecule has 1 atom stereocenters. The third-order valence-electron chi connectivity index (χ3n) is 2.64. The Hall–Kier alpha value is -2.04. The highest BCUT2D eigenvalue weighted by Crippen LogP contribution is 2.13. The second kappa shape index (κ2) is 6.05. The van der Waals surface area contributed by atoms with Crippen molar-refractivity contribution in [1.82, 2.24) is 10.2 Å². The number of nitrogens with zero attached hydrogens (tertiary/aromatic N) is 1. The molecule has 0 saturated heterocycles. The molecule has 18 heavy (non-hydrogen) atoms. The summed E-state index contributed by atoms with van der Waals surface area (Å²) in [7, 11) is 1.45. The third kappa shape index (κ3) is 4.08. The second-order valence-corrected chi connectivity index (χ2v) is 4.33. The number of urea groups is 1.